The van der Waals surface area contributed by atoms with E-state index in [0.717, 1.165) is 0 Å². The van der Waals surface area contributed by atoms with Crippen molar-refractivity contribution in [1.29, 1.82) is 0 Å². The minimum Gasteiger partial charge on any atom is -0.389 e. The van der Waals surface area contributed by atoms with Crippen molar-refractivity contribution >= 4 is 0 Å². The third-order valence-electron chi connectivity index (χ3n) is 3.24. The zero-order chi connectivity index (χ0) is 13.3. The van der Waals surface area contributed by atoms with Crippen LogP contribution in [0.25, 0.3) is 0 Å². The molecule has 0 amide bonds. The van der Waals surface area contributed by atoms with Crippen LogP contribution in [0.1, 0.15) is 0 Å². The van der Waals surface area contributed by atoms with Crippen LogP contribution < -0.4 is 5.32 Å². The van der Waals surface area contributed by atoms with Crippen molar-refractivity contribution in [3.8, 4) is 0 Å². The molecule has 2 aliphatic heterocycles. The zero-order valence-corrected chi connectivity index (χ0v) is 9.72. The van der Waals surface area contributed by atoms with E-state index in [9.17, 15) is 25.5 Å². The summed E-state index contributed by atoms with van der Waals surface area (Å²) >= 11 is 0. The summed E-state index contributed by atoms with van der Waals surface area (Å²) in [6.07, 6.45) is -7.88. The molecule has 2 saturated heterocycles. The summed E-state index contributed by atoms with van der Waals surface area (Å²) in [6.45, 7) is 0.390. The van der Waals surface area contributed by atoms with E-state index < -0.39 is 42.9 Å². The van der Waals surface area contributed by atoms with E-state index in [0.29, 0.717) is 6.54 Å². The Bertz CT molecular complexity index is 279. The molecule has 0 saturated carbocycles. The number of nitrogens with one attached hydrogen (secondary N) is 1. The maximum Gasteiger partial charge on any atom is 0.186 e. The lowest BCUT2D eigenvalue weighted by molar-refractivity contribution is -0.294. The van der Waals surface area contributed by atoms with Crippen molar-refractivity contribution in [2.75, 3.05) is 19.7 Å². The molecule has 0 unspecified atom stereocenters. The second-order valence-corrected chi connectivity index (χ2v) is 4.64. The summed E-state index contributed by atoms with van der Waals surface area (Å²) in [4.78, 5) is 0. The first-order valence-corrected chi connectivity index (χ1v) is 5.89. The molecule has 6 N–H and O–H groups in total. The smallest absolute Gasteiger partial charge is 0.186 e. The standard InChI is InChI=1S/C10H19NO7/c12-4-1-11-2-6(7(4)14)18-10-9(16)8(15)5(13)3-17-10/h4-16H,1-3H2/t4-,5-,6+,7+,8+,9-,10+/m0/s1. The Hall–Kier alpha value is -0.320. The van der Waals surface area contributed by atoms with Gasteiger partial charge in [0.15, 0.2) is 6.29 Å². The van der Waals surface area contributed by atoms with Crippen LogP contribution in [0.4, 0.5) is 0 Å². The Morgan fingerprint density at radius 1 is 0.889 bits per heavy atom. The van der Waals surface area contributed by atoms with Crippen LogP contribution in [0.3, 0.4) is 0 Å². The van der Waals surface area contributed by atoms with E-state index >= 15 is 0 Å². The first-order valence-electron chi connectivity index (χ1n) is 5.89. The van der Waals surface area contributed by atoms with Gasteiger partial charge in [-0.25, -0.2) is 0 Å². The third kappa shape index (κ3) is 2.81. The van der Waals surface area contributed by atoms with Crippen molar-refractivity contribution in [2.45, 2.75) is 42.9 Å². The Morgan fingerprint density at radius 3 is 2.33 bits per heavy atom. The fourth-order valence-corrected chi connectivity index (χ4v) is 2.06. The molecule has 18 heavy (non-hydrogen) atoms. The van der Waals surface area contributed by atoms with Gasteiger partial charge in [-0.15, -0.1) is 0 Å². The predicted molar refractivity (Wildman–Crippen MR) is 57.5 cm³/mol. The van der Waals surface area contributed by atoms with Crippen LogP contribution in [0, 0.1) is 0 Å². The summed E-state index contributed by atoms with van der Waals surface area (Å²) in [5, 5.41) is 50.4. The van der Waals surface area contributed by atoms with Crippen molar-refractivity contribution in [3.05, 3.63) is 0 Å². The lowest BCUT2D eigenvalue weighted by Crippen LogP contribution is -2.59. The van der Waals surface area contributed by atoms with E-state index in [2.05, 4.69) is 5.32 Å². The average Bonchev–Trinajstić information content (AvgIpc) is 2.35. The number of aliphatic hydroxyl groups excluding tert-OH is 5. The van der Waals surface area contributed by atoms with E-state index in [4.69, 9.17) is 9.47 Å². The summed E-state index contributed by atoms with van der Waals surface area (Å²) in [6, 6.07) is 0. The molecular formula is C10H19NO7. The summed E-state index contributed by atoms with van der Waals surface area (Å²) < 4.78 is 10.4. The summed E-state index contributed by atoms with van der Waals surface area (Å²) in [5.41, 5.74) is 0. The molecule has 0 spiro atoms. The second-order valence-electron chi connectivity index (χ2n) is 4.64. The topological polar surface area (TPSA) is 132 Å². The van der Waals surface area contributed by atoms with Crippen LogP contribution >= 0.6 is 0 Å². The number of piperidine rings is 1. The quantitative estimate of drug-likeness (QED) is 0.299. The molecule has 2 fully saturated rings. The molecule has 7 atom stereocenters. The number of ether oxygens (including phenoxy) is 2. The van der Waals surface area contributed by atoms with Gasteiger partial charge in [0, 0.05) is 13.1 Å². The Balaban J connectivity index is 1.92. The highest BCUT2D eigenvalue weighted by Crippen LogP contribution is 2.20. The summed E-state index contributed by atoms with van der Waals surface area (Å²) in [7, 11) is 0. The minimum atomic E-state index is -1.40. The van der Waals surface area contributed by atoms with Gasteiger partial charge in [0.2, 0.25) is 0 Å². The molecule has 0 aromatic heterocycles. The second kappa shape index (κ2) is 5.76. The van der Waals surface area contributed by atoms with Gasteiger partial charge in [0.05, 0.1) is 12.7 Å². The van der Waals surface area contributed by atoms with Gasteiger partial charge < -0.3 is 40.3 Å². The highest BCUT2D eigenvalue weighted by molar-refractivity contribution is 4.88. The average molecular weight is 265 g/mol. The normalized spacial score (nSPS) is 50.2. The Kier molecular flexibility index (Phi) is 4.51. The molecule has 2 rings (SSSR count). The van der Waals surface area contributed by atoms with E-state index in [1.165, 1.54) is 0 Å². The zero-order valence-electron chi connectivity index (χ0n) is 9.72. The minimum absolute atomic E-state index is 0.165. The molecule has 0 bridgehead atoms. The maximum atomic E-state index is 9.71. The van der Waals surface area contributed by atoms with Gasteiger partial charge in [-0.05, 0) is 0 Å². The molecule has 0 aromatic rings. The van der Waals surface area contributed by atoms with Crippen LogP contribution in [0.2, 0.25) is 0 Å². The van der Waals surface area contributed by atoms with Crippen molar-refractivity contribution in [1.82, 2.24) is 5.32 Å². The third-order valence-corrected chi connectivity index (χ3v) is 3.24. The molecule has 0 aliphatic carbocycles. The predicted octanol–water partition coefficient (Wildman–Crippen LogP) is -3.86. The Labute approximate surface area is 104 Å². The lowest BCUT2D eigenvalue weighted by Gasteiger charge is -2.39. The number of rotatable bonds is 2. The monoisotopic (exact) mass is 265 g/mol. The first kappa shape index (κ1) is 14.1. The van der Waals surface area contributed by atoms with Crippen molar-refractivity contribution < 1.29 is 35.0 Å². The van der Waals surface area contributed by atoms with Gasteiger partial charge >= 0.3 is 0 Å². The van der Waals surface area contributed by atoms with E-state index in [-0.39, 0.29) is 13.2 Å². The van der Waals surface area contributed by atoms with Gasteiger partial charge in [-0.2, -0.15) is 0 Å². The first-order chi connectivity index (χ1) is 8.50. The summed E-state index contributed by atoms with van der Waals surface area (Å²) in [5.74, 6) is 0. The highest BCUT2D eigenvalue weighted by atomic mass is 16.7. The van der Waals surface area contributed by atoms with Gasteiger partial charge in [-0.3, -0.25) is 0 Å². The van der Waals surface area contributed by atoms with E-state index in [1.807, 2.05) is 0 Å². The molecule has 8 heteroatoms. The number of aliphatic hydroxyl groups is 5. The Morgan fingerprint density at radius 2 is 1.61 bits per heavy atom. The van der Waals surface area contributed by atoms with E-state index in [1.54, 1.807) is 0 Å². The molecule has 8 nitrogen and oxygen atoms in total. The van der Waals surface area contributed by atoms with Crippen LogP contribution in [-0.4, -0.2) is 88.1 Å². The van der Waals surface area contributed by atoms with Crippen LogP contribution in [0.5, 0.6) is 0 Å². The molecule has 2 aliphatic rings. The fourth-order valence-electron chi connectivity index (χ4n) is 2.06. The number of β-amino-alcohol motifs (C(OH)–C–C–N with tert-alkyl or cyclic N) is 1. The maximum absolute atomic E-state index is 9.71. The van der Waals surface area contributed by atoms with Gasteiger partial charge in [0.1, 0.15) is 30.5 Å². The highest BCUT2D eigenvalue weighted by Gasteiger charge is 2.41. The fraction of sp³-hybridized carbons (Fsp3) is 1.00. The van der Waals surface area contributed by atoms with Crippen molar-refractivity contribution in [3.63, 3.8) is 0 Å². The molecule has 106 valence electrons. The molecule has 0 radical (unpaired) electrons. The van der Waals surface area contributed by atoms with Crippen LogP contribution in [-0.2, 0) is 9.47 Å². The number of hydrogen-bond acceptors (Lipinski definition) is 8. The SMILES string of the molecule is O[C@@H]1[C@@H](O[C@@H]2CNC[C@H](O)[C@H]2O)OC[C@H](O)[C@H]1O. The number of hydrogen-bond donors (Lipinski definition) is 6. The van der Waals surface area contributed by atoms with Gasteiger partial charge in [-0.1, -0.05) is 0 Å². The van der Waals surface area contributed by atoms with Crippen LogP contribution in [0.15, 0.2) is 0 Å². The molecular weight excluding hydrogens is 246 g/mol. The molecule has 2 heterocycles. The van der Waals surface area contributed by atoms with Crippen molar-refractivity contribution in [2.24, 2.45) is 0 Å². The largest absolute Gasteiger partial charge is 0.389 e. The molecule has 0 aromatic carbocycles. The van der Waals surface area contributed by atoms with Gasteiger partial charge in [0.25, 0.3) is 0 Å². The lowest BCUT2D eigenvalue weighted by atomic mass is 10.0.